The molecule has 0 bridgehead atoms. The highest BCUT2D eigenvalue weighted by atomic mass is 32.2. The number of rotatable bonds is 4. The average Bonchev–Trinajstić information content (AvgIpc) is 2.73. The first-order valence-corrected chi connectivity index (χ1v) is 6.61. The smallest absolute Gasteiger partial charge is 0.236 e. The minimum Gasteiger partial charge on any atom is -0.374 e. The van der Waals surface area contributed by atoms with Gasteiger partial charge in [-0.15, -0.1) is 22.0 Å². The van der Waals surface area contributed by atoms with Crippen molar-refractivity contribution in [3.63, 3.8) is 0 Å². The highest BCUT2D eigenvalue weighted by Crippen LogP contribution is 2.19. The molecule has 1 amide bonds. The van der Waals surface area contributed by atoms with E-state index in [4.69, 9.17) is 5.73 Å². The zero-order chi connectivity index (χ0) is 12.1. The Balaban J connectivity index is 1.82. The van der Waals surface area contributed by atoms with E-state index in [1.165, 1.54) is 11.8 Å². The second kappa shape index (κ2) is 5.65. The molecule has 1 aromatic heterocycles. The summed E-state index contributed by atoms with van der Waals surface area (Å²) in [5.74, 6) is 0.221. The summed E-state index contributed by atoms with van der Waals surface area (Å²) < 4.78 is 0. The molecule has 0 saturated carbocycles. The molecule has 0 unspecified atom stereocenters. The number of carbonyl (C=O) groups excluding carboxylic acids is 1. The lowest BCUT2D eigenvalue weighted by atomic mass is 10.4. The quantitative estimate of drug-likeness (QED) is 0.825. The Morgan fingerprint density at radius 1 is 1.35 bits per heavy atom. The van der Waals surface area contributed by atoms with Gasteiger partial charge in [-0.1, -0.05) is 29.5 Å². The molecule has 0 fully saturated rings. The fourth-order valence-corrected chi connectivity index (χ4v) is 2.35. The van der Waals surface area contributed by atoms with Crippen molar-refractivity contribution in [2.75, 3.05) is 16.8 Å². The molecule has 1 aromatic carbocycles. The zero-order valence-electron chi connectivity index (χ0n) is 8.79. The van der Waals surface area contributed by atoms with Crippen molar-refractivity contribution in [2.45, 2.75) is 4.90 Å². The molecular formula is C10H10N4OS2. The fraction of sp³-hybridized carbons (Fsp3) is 0.100. The van der Waals surface area contributed by atoms with Crippen LogP contribution in [0.4, 0.5) is 10.3 Å². The fourth-order valence-electron chi connectivity index (χ4n) is 1.11. The number of aromatic nitrogens is 2. The molecule has 0 aliphatic rings. The van der Waals surface area contributed by atoms with E-state index in [9.17, 15) is 4.79 Å². The molecule has 0 radical (unpaired) electrons. The normalized spacial score (nSPS) is 10.1. The number of carbonyl (C=O) groups is 1. The van der Waals surface area contributed by atoms with E-state index >= 15 is 0 Å². The van der Waals surface area contributed by atoms with E-state index in [0.29, 0.717) is 16.0 Å². The standard InChI is InChI=1S/C10H10N4OS2/c11-9-13-14-10(17-9)12-8(15)6-16-7-4-2-1-3-5-7/h1-5H,6H2,(H2,11,13)(H,12,14,15). The number of benzene rings is 1. The monoisotopic (exact) mass is 266 g/mol. The Morgan fingerprint density at radius 2 is 2.12 bits per heavy atom. The first-order valence-electron chi connectivity index (χ1n) is 4.81. The summed E-state index contributed by atoms with van der Waals surface area (Å²) in [5, 5.41) is 10.7. The van der Waals surface area contributed by atoms with Crippen LogP contribution in [0.2, 0.25) is 0 Å². The summed E-state index contributed by atoms with van der Waals surface area (Å²) in [5.41, 5.74) is 5.41. The van der Waals surface area contributed by atoms with Crippen LogP contribution in [0.1, 0.15) is 0 Å². The summed E-state index contributed by atoms with van der Waals surface area (Å²) in [7, 11) is 0. The maximum absolute atomic E-state index is 11.6. The molecule has 17 heavy (non-hydrogen) atoms. The average molecular weight is 266 g/mol. The number of anilines is 2. The van der Waals surface area contributed by atoms with Gasteiger partial charge in [-0.3, -0.25) is 10.1 Å². The minimum absolute atomic E-state index is 0.116. The summed E-state index contributed by atoms with van der Waals surface area (Å²) >= 11 is 2.62. The number of nitrogens with one attached hydrogen (secondary N) is 1. The van der Waals surface area contributed by atoms with Crippen LogP contribution in [0.3, 0.4) is 0 Å². The maximum Gasteiger partial charge on any atom is 0.236 e. The van der Waals surface area contributed by atoms with Crippen LogP contribution in [0, 0.1) is 0 Å². The molecular weight excluding hydrogens is 256 g/mol. The van der Waals surface area contributed by atoms with E-state index in [2.05, 4.69) is 15.5 Å². The van der Waals surface area contributed by atoms with Gasteiger partial charge in [0.1, 0.15) is 0 Å². The van der Waals surface area contributed by atoms with Gasteiger partial charge in [-0.25, -0.2) is 0 Å². The predicted octanol–water partition coefficient (Wildman–Crippen LogP) is 1.85. The molecule has 5 nitrogen and oxygen atoms in total. The van der Waals surface area contributed by atoms with Crippen LogP contribution in [0.15, 0.2) is 35.2 Å². The van der Waals surface area contributed by atoms with Gasteiger partial charge in [0.05, 0.1) is 5.75 Å². The lowest BCUT2D eigenvalue weighted by Gasteiger charge is -2.01. The van der Waals surface area contributed by atoms with Crippen molar-refractivity contribution >= 4 is 39.3 Å². The zero-order valence-corrected chi connectivity index (χ0v) is 10.4. The predicted molar refractivity (Wildman–Crippen MR) is 70.1 cm³/mol. The molecule has 88 valence electrons. The van der Waals surface area contributed by atoms with Gasteiger partial charge in [0.15, 0.2) is 0 Å². The van der Waals surface area contributed by atoms with Crippen molar-refractivity contribution in [2.24, 2.45) is 0 Å². The van der Waals surface area contributed by atoms with Gasteiger partial charge in [0, 0.05) is 4.90 Å². The number of nitrogens with two attached hydrogens (primary N) is 1. The third-order valence-corrected chi connectivity index (χ3v) is 3.48. The molecule has 0 atom stereocenters. The summed E-state index contributed by atoms with van der Waals surface area (Å²) in [6.07, 6.45) is 0. The molecule has 7 heteroatoms. The van der Waals surface area contributed by atoms with Crippen molar-refractivity contribution in [1.82, 2.24) is 10.2 Å². The lowest BCUT2D eigenvalue weighted by Crippen LogP contribution is -2.13. The SMILES string of the molecule is Nc1nnc(NC(=O)CSc2ccccc2)s1. The van der Waals surface area contributed by atoms with Crippen LogP contribution in [-0.4, -0.2) is 21.9 Å². The highest BCUT2D eigenvalue weighted by molar-refractivity contribution is 8.00. The Hall–Kier alpha value is -1.60. The van der Waals surface area contributed by atoms with Gasteiger partial charge in [-0.05, 0) is 12.1 Å². The number of amides is 1. The molecule has 0 aliphatic carbocycles. The summed E-state index contributed by atoms with van der Waals surface area (Å²) in [6.45, 7) is 0. The van der Waals surface area contributed by atoms with E-state index in [-0.39, 0.29) is 5.91 Å². The van der Waals surface area contributed by atoms with Crippen LogP contribution in [0.25, 0.3) is 0 Å². The second-order valence-corrected chi connectivity index (χ2v) is 5.15. The van der Waals surface area contributed by atoms with Gasteiger partial charge in [0.2, 0.25) is 16.2 Å². The van der Waals surface area contributed by atoms with E-state index in [1.807, 2.05) is 30.3 Å². The van der Waals surface area contributed by atoms with Gasteiger partial charge < -0.3 is 5.73 Å². The number of thioether (sulfide) groups is 1. The first-order chi connectivity index (χ1) is 8.24. The second-order valence-electron chi connectivity index (χ2n) is 3.10. The largest absolute Gasteiger partial charge is 0.374 e. The number of hydrogen-bond acceptors (Lipinski definition) is 6. The number of nitrogen functional groups attached to an aromatic ring is 1. The molecule has 3 N–H and O–H groups in total. The number of hydrogen-bond donors (Lipinski definition) is 2. The molecule has 1 heterocycles. The van der Waals surface area contributed by atoms with Gasteiger partial charge >= 0.3 is 0 Å². The Morgan fingerprint density at radius 3 is 2.76 bits per heavy atom. The Labute approximate surface area is 106 Å². The van der Waals surface area contributed by atoms with E-state index in [0.717, 1.165) is 16.2 Å². The van der Waals surface area contributed by atoms with Crippen LogP contribution in [0.5, 0.6) is 0 Å². The van der Waals surface area contributed by atoms with Gasteiger partial charge in [-0.2, -0.15) is 0 Å². The molecule has 0 spiro atoms. The third kappa shape index (κ3) is 3.72. The molecule has 2 aromatic rings. The highest BCUT2D eigenvalue weighted by Gasteiger charge is 2.06. The van der Waals surface area contributed by atoms with Crippen molar-refractivity contribution in [3.8, 4) is 0 Å². The first kappa shape index (κ1) is 11.9. The minimum atomic E-state index is -0.116. The molecule has 2 rings (SSSR count). The van der Waals surface area contributed by atoms with Crippen LogP contribution >= 0.6 is 23.1 Å². The summed E-state index contributed by atoms with van der Waals surface area (Å²) in [4.78, 5) is 12.6. The third-order valence-electron chi connectivity index (χ3n) is 1.80. The van der Waals surface area contributed by atoms with Crippen molar-refractivity contribution in [3.05, 3.63) is 30.3 Å². The Kier molecular flexibility index (Phi) is 3.94. The van der Waals surface area contributed by atoms with Crippen LogP contribution in [-0.2, 0) is 4.79 Å². The molecule has 0 saturated heterocycles. The van der Waals surface area contributed by atoms with Gasteiger partial charge in [0.25, 0.3) is 0 Å². The maximum atomic E-state index is 11.6. The van der Waals surface area contributed by atoms with Crippen LogP contribution < -0.4 is 11.1 Å². The molecule has 0 aliphatic heterocycles. The topological polar surface area (TPSA) is 80.9 Å². The van der Waals surface area contributed by atoms with E-state index < -0.39 is 0 Å². The summed E-state index contributed by atoms with van der Waals surface area (Å²) in [6, 6.07) is 9.73. The Bertz CT molecular complexity index is 500. The van der Waals surface area contributed by atoms with Crippen molar-refractivity contribution in [1.29, 1.82) is 0 Å². The van der Waals surface area contributed by atoms with E-state index in [1.54, 1.807) is 0 Å². The lowest BCUT2D eigenvalue weighted by molar-refractivity contribution is -0.113. The van der Waals surface area contributed by atoms with Crippen molar-refractivity contribution < 1.29 is 4.79 Å². The number of nitrogens with zero attached hydrogens (tertiary/aromatic N) is 2.